The van der Waals surface area contributed by atoms with Crippen molar-refractivity contribution in [3.63, 3.8) is 0 Å². The third-order valence-corrected chi connectivity index (χ3v) is 2.66. The number of esters is 1. The number of hydrogen-bond acceptors (Lipinski definition) is 3. The highest BCUT2D eigenvalue weighted by Crippen LogP contribution is 2.12. The van der Waals surface area contributed by atoms with Crippen molar-refractivity contribution < 1.29 is 14.3 Å². The zero-order valence-electron chi connectivity index (χ0n) is 12.1. The van der Waals surface area contributed by atoms with Crippen molar-refractivity contribution in [3.05, 3.63) is 42.0 Å². The second kappa shape index (κ2) is 7.33. The van der Waals surface area contributed by atoms with Crippen LogP contribution >= 0.6 is 0 Å². The summed E-state index contributed by atoms with van der Waals surface area (Å²) in [5.74, 6) is -0.435. The fourth-order valence-electron chi connectivity index (χ4n) is 1.70. The molecule has 0 heterocycles. The number of nitrogens with one attached hydrogen (secondary N) is 1. The lowest BCUT2D eigenvalue weighted by Crippen LogP contribution is -2.35. The molecule has 1 aromatic rings. The molecule has 5 nitrogen and oxygen atoms in total. The van der Waals surface area contributed by atoms with Crippen LogP contribution in [0, 0.1) is 0 Å². The molecule has 0 radical (unpaired) electrons. The second-order valence-electron chi connectivity index (χ2n) is 4.47. The van der Waals surface area contributed by atoms with E-state index in [2.05, 4.69) is 16.6 Å². The van der Waals surface area contributed by atoms with Gasteiger partial charge in [-0.15, -0.1) is 0 Å². The molecule has 1 aromatic carbocycles. The highest BCUT2D eigenvalue weighted by Gasteiger charge is 2.12. The van der Waals surface area contributed by atoms with Crippen LogP contribution in [0.4, 0.5) is 10.5 Å². The van der Waals surface area contributed by atoms with Gasteiger partial charge >= 0.3 is 12.0 Å². The van der Waals surface area contributed by atoms with Gasteiger partial charge in [0, 0.05) is 18.8 Å². The number of carbonyl (C=O) groups is 2. The Morgan fingerprint density at radius 3 is 2.65 bits per heavy atom. The van der Waals surface area contributed by atoms with Crippen molar-refractivity contribution >= 4 is 17.7 Å². The van der Waals surface area contributed by atoms with E-state index in [1.54, 1.807) is 29.2 Å². The lowest BCUT2D eigenvalue weighted by Gasteiger charge is -2.21. The number of ether oxygens (including phenoxy) is 1. The van der Waals surface area contributed by atoms with Crippen LogP contribution in [0.1, 0.15) is 24.2 Å². The van der Waals surface area contributed by atoms with Gasteiger partial charge in [0.25, 0.3) is 0 Å². The Morgan fingerprint density at radius 2 is 2.10 bits per heavy atom. The summed E-state index contributed by atoms with van der Waals surface area (Å²) >= 11 is 0. The van der Waals surface area contributed by atoms with Crippen molar-refractivity contribution in [1.82, 2.24) is 4.90 Å². The first-order valence-corrected chi connectivity index (χ1v) is 6.36. The maximum absolute atomic E-state index is 12.1. The molecule has 0 saturated carbocycles. The van der Waals surface area contributed by atoms with Gasteiger partial charge in [0.05, 0.1) is 12.7 Å². The first kappa shape index (κ1) is 15.8. The minimum atomic E-state index is -0.435. The highest BCUT2D eigenvalue weighted by molar-refractivity contribution is 5.93. The van der Waals surface area contributed by atoms with Crippen LogP contribution in [-0.2, 0) is 4.74 Å². The van der Waals surface area contributed by atoms with E-state index in [0.29, 0.717) is 24.3 Å². The number of carbonyl (C=O) groups excluding carboxylic acids is 2. The van der Waals surface area contributed by atoms with Crippen LogP contribution in [0.15, 0.2) is 36.4 Å². The van der Waals surface area contributed by atoms with Crippen LogP contribution in [0.25, 0.3) is 0 Å². The van der Waals surface area contributed by atoms with Gasteiger partial charge in [0.2, 0.25) is 0 Å². The summed E-state index contributed by atoms with van der Waals surface area (Å²) in [6.07, 6.45) is 0. The van der Waals surface area contributed by atoms with Crippen molar-refractivity contribution in [2.75, 3.05) is 25.5 Å². The van der Waals surface area contributed by atoms with Crippen molar-refractivity contribution in [2.24, 2.45) is 0 Å². The smallest absolute Gasteiger partial charge is 0.337 e. The number of hydrogen-bond donors (Lipinski definition) is 1. The minimum Gasteiger partial charge on any atom is -0.465 e. The Morgan fingerprint density at radius 1 is 1.40 bits per heavy atom. The molecule has 0 saturated heterocycles. The second-order valence-corrected chi connectivity index (χ2v) is 4.47. The number of methoxy groups -OCH3 is 1. The summed E-state index contributed by atoms with van der Waals surface area (Å²) in [5, 5.41) is 2.76. The van der Waals surface area contributed by atoms with Gasteiger partial charge in [-0.2, -0.15) is 0 Å². The first-order chi connectivity index (χ1) is 9.47. The largest absolute Gasteiger partial charge is 0.465 e. The van der Waals surface area contributed by atoms with Gasteiger partial charge in [-0.3, -0.25) is 0 Å². The quantitative estimate of drug-likeness (QED) is 0.664. The number of nitrogens with zero attached hydrogens (tertiary/aromatic N) is 1. The van der Waals surface area contributed by atoms with E-state index in [9.17, 15) is 9.59 Å². The number of urea groups is 1. The molecule has 1 rings (SSSR count). The molecule has 0 bridgehead atoms. The van der Waals surface area contributed by atoms with Crippen LogP contribution in [0.5, 0.6) is 0 Å². The molecule has 0 fully saturated rings. The molecule has 0 aliphatic carbocycles. The summed E-state index contributed by atoms with van der Waals surface area (Å²) in [7, 11) is 1.32. The molecule has 1 N–H and O–H groups in total. The molecule has 0 unspecified atom stereocenters. The van der Waals surface area contributed by atoms with E-state index in [4.69, 9.17) is 0 Å². The fourth-order valence-corrected chi connectivity index (χ4v) is 1.70. The lowest BCUT2D eigenvalue weighted by atomic mass is 10.2. The van der Waals surface area contributed by atoms with Crippen molar-refractivity contribution in [3.8, 4) is 0 Å². The van der Waals surface area contributed by atoms with E-state index in [-0.39, 0.29) is 6.03 Å². The van der Waals surface area contributed by atoms with E-state index in [1.165, 1.54) is 7.11 Å². The average molecular weight is 276 g/mol. The Balaban J connectivity index is 2.79. The van der Waals surface area contributed by atoms with Crippen molar-refractivity contribution in [1.29, 1.82) is 0 Å². The zero-order valence-corrected chi connectivity index (χ0v) is 12.1. The highest BCUT2D eigenvalue weighted by atomic mass is 16.5. The van der Waals surface area contributed by atoms with E-state index in [1.807, 2.05) is 13.8 Å². The molecular formula is C15H20N2O3. The maximum atomic E-state index is 12.1. The maximum Gasteiger partial charge on any atom is 0.337 e. The summed E-state index contributed by atoms with van der Waals surface area (Å²) in [5.41, 5.74) is 1.86. The van der Waals surface area contributed by atoms with E-state index >= 15 is 0 Å². The Kier molecular flexibility index (Phi) is 5.77. The van der Waals surface area contributed by atoms with E-state index < -0.39 is 5.97 Å². The number of benzene rings is 1. The predicted octanol–water partition coefficient (Wildman–Crippen LogP) is 2.90. The number of rotatable bonds is 5. The topological polar surface area (TPSA) is 58.6 Å². The Bertz CT molecular complexity index is 512. The standard InChI is InChI=1S/C15H20N2O3/c1-5-17(10-11(2)3)15(19)16-13-8-6-7-12(9-13)14(18)20-4/h6-9H,2,5,10H2,1,3-4H3,(H,16,19). The molecule has 108 valence electrons. The number of likely N-dealkylation sites (N-methyl/N-ethyl adjacent to an activating group) is 1. The van der Waals surface area contributed by atoms with Crippen LogP contribution in [-0.4, -0.2) is 37.1 Å². The number of amides is 2. The summed E-state index contributed by atoms with van der Waals surface area (Å²) in [6, 6.07) is 6.40. The molecule has 0 spiro atoms. The zero-order chi connectivity index (χ0) is 15.1. The summed E-state index contributed by atoms with van der Waals surface area (Å²) in [4.78, 5) is 25.1. The van der Waals surface area contributed by atoms with Gasteiger partial charge in [0.1, 0.15) is 0 Å². The normalized spacial score (nSPS) is 9.75. The van der Waals surface area contributed by atoms with Crippen LogP contribution < -0.4 is 5.32 Å². The van der Waals surface area contributed by atoms with E-state index in [0.717, 1.165) is 5.57 Å². The molecule has 0 aliphatic heterocycles. The summed E-state index contributed by atoms with van der Waals surface area (Å²) in [6.45, 7) is 8.64. The van der Waals surface area contributed by atoms with Crippen LogP contribution in [0.3, 0.4) is 0 Å². The Labute approximate surface area is 119 Å². The SMILES string of the molecule is C=C(C)CN(CC)C(=O)Nc1cccc(C(=O)OC)c1. The lowest BCUT2D eigenvalue weighted by molar-refractivity contribution is 0.0600. The number of anilines is 1. The van der Waals surface area contributed by atoms with Crippen molar-refractivity contribution in [2.45, 2.75) is 13.8 Å². The monoisotopic (exact) mass is 276 g/mol. The molecule has 20 heavy (non-hydrogen) atoms. The van der Waals surface area contributed by atoms with Gasteiger partial charge in [-0.25, -0.2) is 9.59 Å². The van der Waals surface area contributed by atoms with Gasteiger partial charge in [0.15, 0.2) is 0 Å². The molecule has 0 aromatic heterocycles. The van der Waals surface area contributed by atoms with Crippen LogP contribution in [0.2, 0.25) is 0 Å². The van der Waals surface area contributed by atoms with Gasteiger partial charge in [-0.05, 0) is 32.0 Å². The molecule has 0 atom stereocenters. The molecule has 5 heteroatoms. The molecule has 0 aliphatic rings. The molecule has 2 amide bonds. The average Bonchev–Trinajstić information content (AvgIpc) is 2.43. The predicted molar refractivity (Wildman–Crippen MR) is 78.9 cm³/mol. The Hall–Kier alpha value is -2.30. The third kappa shape index (κ3) is 4.42. The van der Waals surface area contributed by atoms with Gasteiger partial charge in [-0.1, -0.05) is 18.2 Å². The molecular weight excluding hydrogens is 256 g/mol. The minimum absolute atomic E-state index is 0.225. The third-order valence-electron chi connectivity index (χ3n) is 2.66. The fraction of sp³-hybridized carbons (Fsp3) is 0.333. The first-order valence-electron chi connectivity index (χ1n) is 6.36. The summed E-state index contributed by atoms with van der Waals surface area (Å²) < 4.78 is 4.64. The van der Waals surface area contributed by atoms with Gasteiger partial charge < -0.3 is 15.0 Å².